The maximum atomic E-state index is 5.39. The van der Waals surface area contributed by atoms with Crippen LogP contribution < -0.4 is 10.1 Å². The van der Waals surface area contributed by atoms with Gasteiger partial charge in [-0.15, -0.1) is 0 Å². The summed E-state index contributed by atoms with van der Waals surface area (Å²) in [7, 11) is 1.68. The molecule has 2 heterocycles. The molecular weight excluding hydrogens is 256 g/mol. The van der Waals surface area contributed by atoms with Crippen LogP contribution in [0.1, 0.15) is 28.5 Å². The van der Waals surface area contributed by atoms with Gasteiger partial charge in [0.25, 0.3) is 0 Å². The van der Waals surface area contributed by atoms with Crippen molar-refractivity contribution in [2.75, 3.05) is 13.7 Å². The number of methoxy groups -OCH3 is 1. The molecule has 0 aliphatic rings. The highest BCUT2D eigenvalue weighted by atomic mass is 16.5. The lowest BCUT2D eigenvalue weighted by atomic mass is 10.1. The molecule has 2 aromatic heterocycles. The molecule has 0 atom stereocenters. The van der Waals surface area contributed by atoms with E-state index in [0.29, 0.717) is 24.7 Å². The van der Waals surface area contributed by atoms with E-state index in [0.717, 1.165) is 29.1 Å². The van der Waals surface area contributed by atoms with Crippen molar-refractivity contribution < 1.29 is 9.26 Å². The molecule has 0 aliphatic carbocycles. The third-order valence-electron chi connectivity index (χ3n) is 3.13. The molecule has 108 valence electrons. The number of aryl methyl sites for hydroxylation is 2. The molecule has 0 aromatic carbocycles. The number of nitrogens with zero attached hydrogens (tertiary/aromatic N) is 3. The number of nitrogens with one attached hydrogen (secondary N) is 1. The van der Waals surface area contributed by atoms with E-state index in [1.807, 2.05) is 27.0 Å². The van der Waals surface area contributed by atoms with Crippen LogP contribution in [0.15, 0.2) is 10.7 Å². The van der Waals surface area contributed by atoms with Gasteiger partial charge in [-0.05, 0) is 20.8 Å². The fourth-order valence-electron chi connectivity index (χ4n) is 2.09. The number of rotatable bonds is 6. The Morgan fingerprint density at radius 2 is 2.10 bits per heavy atom. The van der Waals surface area contributed by atoms with E-state index in [4.69, 9.17) is 9.26 Å². The first kappa shape index (κ1) is 14.5. The Kier molecular flexibility index (Phi) is 4.68. The van der Waals surface area contributed by atoms with Crippen molar-refractivity contribution in [3.8, 4) is 5.75 Å². The third-order valence-corrected chi connectivity index (χ3v) is 3.13. The van der Waals surface area contributed by atoms with E-state index >= 15 is 0 Å². The Labute approximate surface area is 118 Å². The highest BCUT2D eigenvalue weighted by Crippen LogP contribution is 2.23. The minimum absolute atomic E-state index is 0.654. The number of hydrogen-bond acceptors (Lipinski definition) is 6. The molecule has 2 rings (SSSR count). The van der Waals surface area contributed by atoms with Crippen molar-refractivity contribution in [1.29, 1.82) is 0 Å². The summed E-state index contributed by atoms with van der Waals surface area (Å²) in [4.78, 5) is 8.60. The van der Waals surface area contributed by atoms with Gasteiger partial charge in [0.1, 0.15) is 5.75 Å². The van der Waals surface area contributed by atoms with E-state index < -0.39 is 0 Å². The molecule has 0 aliphatic heterocycles. The molecule has 0 radical (unpaired) electrons. The summed E-state index contributed by atoms with van der Waals surface area (Å²) < 4.78 is 10.4. The normalized spacial score (nSPS) is 10.8. The lowest BCUT2D eigenvalue weighted by Crippen LogP contribution is -2.18. The first-order valence-corrected chi connectivity index (χ1v) is 6.60. The molecule has 0 unspecified atom stereocenters. The fourth-order valence-corrected chi connectivity index (χ4v) is 2.09. The Balaban J connectivity index is 1.88. The van der Waals surface area contributed by atoms with Gasteiger partial charge in [0.05, 0.1) is 12.8 Å². The molecule has 6 nitrogen and oxygen atoms in total. The molecule has 6 heteroatoms. The van der Waals surface area contributed by atoms with Crippen molar-refractivity contribution in [3.63, 3.8) is 0 Å². The lowest BCUT2D eigenvalue weighted by Gasteiger charge is -2.12. The van der Waals surface area contributed by atoms with Crippen LogP contribution in [0.2, 0.25) is 0 Å². The Morgan fingerprint density at radius 1 is 1.30 bits per heavy atom. The average Bonchev–Trinajstić information content (AvgIpc) is 2.83. The van der Waals surface area contributed by atoms with Gasteiger partial charge in [-0.2, -0.15) is 4.98 Å². The summed E-state index contributed by atoms with van der Waals surface area (Å²) in [5, 5.41) is 7.08. The van der Waals surface area contributed by atoms with Crippen LogP contribution in [-0.2, 0) is 13.0 Å². The summed E-state index contributed by atoms with van der Waals surface area (Å²) in [5.41, 5.74) is 3.12. The SMILES string of the molecule is COc1c(C)cnc(CNCCc2nc(C)no2)c1C. The third kappa shape index (κ3) is 3.33. The summed E-state index contributed by atoms with van der Waals surface area (Å²) in [5.74, 6) is 2.23. The fraction of sp³-hybridized carbons (Fsp3) is 0.500. The molecule has 0 bridgehead atoms. The summed E-state index contributed by atoms with van der Waals surface area (Å²) >= 11 is 0. The summed E-state index contributed by atoms with van der Waals surface area (Å²) in [6, 6.07) is 0. The van der Waals surface area contributed by atoms with Crippen LogP contribution in [0.3, 0.4) is 0 Å². The van der Waals surface area contributed by atoms with Gasteiger partial charge in [0.2, 0.25) is 5.89 Å². The van der Waals surface area contributed by atoms with Crippen molar-refractivity contribution in [3.05, 3.63) is 34.7 Å². The summed E-state index contributed by atoms with van der Waals surface area (Å²) in [6.45, 7) is 7.28. The second-order valence-corrected chi connectivity index (χ2v) is 4.71. The quantitative estimate of drug-likeness (QED) is 0.810. The first-order valence-electron chi connectivity index (χ1n) is 6.60. The molecule has 2 aromatic rings. The largest absolute Gasteiger partial charge is 0.496 e. The molecule has 0 saturated carbocycles. The molecule has 0 spiro atoms. The van der Waals surface area contributed by atoms with Gasteiger partial charge in [0.15, 0.2) is 5.82 Å². The highest BCUT2D eigenvalue weighted by Gasteiger charge is 2.09. The Morgan fingerprint density at radius 3 is 2.75 bits per heavy atom. The van der Waals surface area contributed by atoms with E-state index in [9.17, 15) is 0 Å². The standard InChI is InChI=1S/C14H20N4O2/c1-9-7-16-12(10(2)14(9)19-4)8-15-6-5-13-17-11(3)18-20-13/h7,15H,5-6,8H2,1-4H3. The minimum Gasteiger partial charge on any atom is -0.496 e. The van der Waals surface area contributed by atoms with Crippen molar-refractivity contribution in [1.82, 2.24) is 20.4 Å². The second-order valence-electron chi connectivity index (χ2n) is 4.71. The zero-order valence-corrected chi connectivity index (χ0v) is 12.4. The van der Waals surface area contributed by atoms with Crippen LogP contribution in [-0.4, -0.2) is 28.8 Å². The minimum atomic E-state index is 0.654. The van der Waals surface area contributed by atoms with Gasteiger partial charge < -0.3 is 14.6 Å². The van der Waals surface area contributed by atoms with Gasteiger partial charge in [0, 0.05) is 36.8 Å². The zero-order chi connectivity index (χ0) is 14.5. The van der Waals surface area contributed by atoms with E-state index in [1.54, 1.807) is 7.11 Å². The number of aromatic nitrogens is 3. The molecule has 20 heavy (non-hydrogen) atoms. The number of ether oxygens (including phenoxy) is 1. The molecule has 0 saturated heterocycles. The van der Waals surface area contributed by atoms with Crippen molar-refractivity contribution in [2.45, 2.75) is 33.7 Å². The van der Waals surface area contributed by atoms with Crippen molar-refractivity contribution >= 4 is 0 Å². The maximum absolute atomic E-state index is 5.39. The summed E-state index contributed by atoms with van der Waals surface area (Å²) in [6.07, 6.45) is 2.55. The van der Waals surface area contributed by atoms with Gasteiger partial charge in [-0.1, -0.05) is 5.16 Å². The monoisotopic (exact) mass is 276 g/mol. The van der Waals surface area contributed by atoms with Crippen LogP contribution in [0.5, 0.6) is 5.75 Å². The molecule has 1 N–H and O–H groups in total. The smallest absolute Gasteiger partial charge is 0.227 e. The maximum Gasteiger partial charge on any atom is 0.227 e. The number of hydrogen-bond donors (Lipinski definition) is 1. The average molecular weight is 276 g/mol. The molecule has 0 fully saturated rings. The Bertz CT molecular complexity index is 581. The van der Waals surface area contributed by atoms with Crippen LogP contribution in [0.4, 0.5) is 0 Å². The molecular formula is C14H20N4O2. The van der Waals surface area contributed by atoms with E-state index in [-0.39, 0.29) is 0 Å². The van der Waals surface area contributed by atoms with Gasteiger partial charge in [-0.25, -0.2) is 0 Å². The zero-order valence-electron chi connectivity index (χ0n) is 12.4. The number of pyridine rings is 1. The van der Waals surface area contributed by atoms with Crippen LogP contribution in [0.25, 0.3) is 0 Å². The Hall–Kier alpha value is -1.95. The van der Waals surface area contributed by atoms with Crippen LogP contribution >= 0.6 is 0 Å². The van der Waals surface area contributed by atoms with Gasteiger partial charge in [-0.3, -0.25) is 4.98 Å². The second kappa shape index (κ2) is 6.47. The molecule has 0 amide bonds. The van der Waals surface area contributed by atoms with Crippen molar-refractivity contribution in [2.24, 2.45) is 0 Å². The topological polar surface area (TPSA) is 73.1 Å². The predicted octanol–water partition coefficient (Wildman–Crippen LogP) is 1.73. The predicted molar refractivity (Wildman–Crippen MR) is 74.7 cm³/mol. The van der Waals surface area contributed by atoms with E-state index in [2.05, 4.69) is 20.4 Å². The van der Waals surface area contributed by atoms with Crippen LogP contribution in [0, 0.1) is 20.8 Å². The lowest BCUT2D eigenvalue weighted by molar-refractivity contribution is 0.372. The van der Waals surface area contributed by atoms with Gasteiger partial charge >= 0.3 is 0 Å². The first-order chi connectivity index (χ1) is 9.61. The highest BCUT2D eigenvalue weighted by molar-refractivity contribution is 5.40. The van der Waals surface area contributed by atoms with E-state index in [1.165, 1.54) is 0 Å².